The first-order valence-corrected chi connectivity index (χ1v) is 8.14. The molecule has 0 atom stereocenters. The van der Waals surface area contributed by atoms with Crippen molar-refractivity contribution in [1.29, 1.82) is 0 Å². The monoisotopic (exact) mass is 364 g/mol. The van der Waals surface area contributed by atoms with E-state index in [9.17, 15) is 9.59 Å². The fraction of sp³-hybridized carbons (Fsp3) is 0.222. The zero-order valence-corrected chi connectivity index (χ0v) is 14.9. The van der Waals surface area contributed by atoms with Gasteiger partial charge in [-0.05, 0) is 50.2 Å². The Morgan fingerprint density at radius 2 is 1.42 bits per heavy atom. The number of nitrogens with one attached hydrogen (secondary N) is 2. The van der Waals surface area contributed by atoms with Crippen LogP contribution in [0.25, 0.3) is 0 Å². The predicted octanol–water partition coefficient (Wildman–Crippen LogP) is 3.93. The SMILES string of the molecule is CC(C)(CNC(=O)c1cccc(Cl)c1)NC(=O)c1cccc(Cl)c1. The average Bonchev–Trinajstić information content (AvgIpc) is 2.52. The smallest absolute Gasteiger partial charge is 0.251 e. The zero-order valence-electron chi connectivity index (χ0n) is 13.4. The molecule has 0 unspecified atom stereocenters. The maximum absolute atomic E-state index is 12.3. The van der Waals surface area contributed by atoms with E-state index in [4.69, 9.17) is 23.2 Å². The van der Waals surface area contributed by atoms with Gasteiger partial charge in [0, 0.05) is 27.7 Å². The number of carbonyl (C=O) groups excluding carboxylic acids is 2. The number of halogens is 2. The van der Waals surface area contributed by atoms with Gasteiger partial charge in [-0.3, -0.25) is 9.59 Å². The second kappa shape index (κ2) is 7.69. The molecule has 0 fully saturated rings. The van der Waals surface area contributed by atoms with E-state index in [-0.39, 0.29) is 18.4 Å². The van der Waals surface area contributed by atoms with Crippen LogP contribution in [-0.4, -0.2) is 23.9 Å². The predicted molar refractivity (Wildman–Crippen MR) is 96.8 cm³/mol. The van der Waals surface area contributed by atoms with Crippen molar-refractivity contribution in [1.82, 2.24) is 10.6 Å². The summed E-state index contributed by atoms with van der Waals surface area (Å²) in [7, 11) is 0. The minimum Gasteiger partial charge on any atom is -0.350 e. The lowest BCUT2D eigenvalue weighted by Crippen LogP contribution is -2.51. The second-order valence-electron chi connectivity index (χ2n) is 6.04. The van der Waals surface area contributed by atoms with E-state index in [0.717, 1.165) is 0 Å². The van der Waals surface area contributed by atoms with Crippen LogP contribution in [-0.2, 0) is 0 Å². The van der Waals surface area contributed by atoms with Crippen LogP contribution in [0.3, 0.4) is 0 Å². The minimum atomic E-state index is -0.631. The van der Waals surface area contributed by atoms with E-state index < -0.39 is 5.54 Å². The topological polar surface area (TPSA) is 58.2 Å². The molecule has 126 valence electrons. The lowest BCUT2D eigenvalue weighted by atomic mass is 10.0. The van der Waals surface area contributed by atoms with Crippen molar-refractivity contribution in [2.24, 2.45) is 0 Å². The third-order valence-corrected chi connectivity index (χ3v) is 3.79. The maximum Gasteiger partial charge on any atom is 0.251 e. The van der Waals surface area contributed by atoms with Crippen LogP contribution in [0.2, 0.25) is 10.0 Å². The lowest BCUT2D eigenvalue weighted by Gasteiger charge is -2.26. The summed E-state index contributed by atoms with van der Waals surface area (Å²) in [5.74, 6) is -0.498. The van der Waals surface area contributed by atoms with E-state index in [2.05, 4.69) is 10.6 Å². The second-order valence-corrected chi connectivity index (χ2v) is 6.91. The van der Waals surface area contributed by atoms with Gasteiger partial charge in [-0.15, -0.1) is 0 Å². The highest BCUT2D eigenvalue weighted by Crippen LogP contribution is 2.13. The van der Waals surface area contributed by atoms with Gasteiger partial charge in [-0.1, -0.05) is 35.3 Å². The summed E-state index contributed by atoms with van der Waals surface area (Å²) in [4.78, 5) is 24.4. The third-order valence-electron chi connectivity index (χ3n) is 3.32. The van der Waals surface area contributed by atoms with Crippen molar-refractivity contribution >= 4 is 35.0 Å². The van der Waals surface area contributed by atoms with Gasteiger partial charge in [0.05, 0.1) is 5.54 Å². The molecule has 2 aromatic carbocycles. The molecule has 2 rings (SSSR count). The Kier molecular flexibility index (Phi) is 5.86. The molecule has 2 aromatic rings. The first-order valence-electron chi connectivity index (χ1n) is 7.39. The molecule has 0 heterocycles. The molecule has 2 amide bonds. The van der Waals surface area contributed by atoms with E-state index in [0.29, 0.717) is 21.2 Å². The van der Waals surface area contributed by atoms with Gasteiger partial charge >= 0.3 is 0 Å². The van der Waals surface area contributed by atoms with Crippen LogP contribution >= 0.6 is 23.2 Å². The summed E-state index contributed by atoms with van der Waals surface area (Å²) >= 11 is 11.8. The highest BCUT2D eigenvalue weighted by molar-refractivity contribution is 6.31. The molecule has 0 bridgehead atoms. The van der Waals surface area contributed by atoms with E-state index in [1.54, 1.807) is 48.5 Å². The summed E-state index contributed by atoms with van der Waals surface area (Å²) in [5.41, 5.74) is 0.310. The van der Waals surface area contributed by atoms with Crippen LogP contribution < -0.4 is 10.6 Å². The molecular weight excluding hydrogens is 347 g/mol. The summed E-state index contributed by atoms with van der Waals surface area (Å²) in [5, 5.41) is 6.67. The first kappa shape index (κ1) is 18.3. The largest absolute Gasteiger partial charge is 0.350 e. The number of carbonyl (C=O) groups is 2. The van der Waals surface area contributed by atoms with Crippen molar-refractivity contribution in [3.63, 3.8) is 0 Å². The number of amides is 2. The Labute approximate surface area is 151 Å². The number of rotatable bonds is 5. The van der Waals surface area contributed by atoms with E-state index >= 15 is 0 Å². The summed E-state index contributed by atoms with van der Waals surface area (Å²) < 4.78 is 0. The van der Waals surface area contributed by atoms with Crippen LogP contribution in [0.4, 0.5) is 0 Å². The molecule has 0 aliphatic heterocycles. The average molecular weight is 365 g/mol. The maximum atomic E-state index is 12.3. The number of hydrogen-bond acceptors (Lipinski definition) is 2. The number of benzene rings is 2. The van der Waals surface area contributed by atoms with Gasteiger partial charge < -0.3 is 10.6 Å². The third kappa shape index (κ3) is 5.25. The number of hydrogen-bond donors (Lipinski definition) is 2. The van der Waals surface area contributed by atoms with E-state index in [1.807, 2.05) is 13.8 Å². The fourth-order valence-electron chi connectivity index (χ4n) is 2.09. The van der Waals surface area contributed by atoms with Crippen molar-refractivity contribution < 1.29 is 9.59 Å². The summed E-state index contributed by atoms with van der Waals surface area (Å²) in [6.07, 6.45) is 0. The fourth-order valence-corrected chi connectivity index (χ4v) is 2.47. The Bertz CT molecular complexity index is 760. The van der Waals surface area contributed by atoms with Crippen molar-refractivity contribution in [2.75, 3.05) is 6.54 Å². The first-order chi connectivity index (χ1) is 11.3. The Morgan fingerprint density at radius 1 is 0.917 bits per heavy atom. The molecule has 0 spiro atoms. The minimum absolute atomic E-state index is 0.248. The Morgan fingerprint density at radius 3 is 1.92 bits per heavy atom. The molecule has 0 saturated heterocycles. The van der Waals surface area contributed by atoms with Crippen molar-refractivity contribution in [2.45, 2.75) is 19.4 Å². The molecule has 0 aliphatic carbocycles. The van der Waals surface area contributed by atoms with Gasteiger partial charge in [0.1, 0.15) is 0 Å². The normalized spacial score (nSPS) is 11.0. The molecule has 24 heavy (non-hydrogen) atoms. The summed E-state index contributed by atoms with van der Waals surface area (Å²) in [6.45, 7) is 3.92. The molecule has 2 N–H and O–H groups in total. The van der Waals surface area contributed by atoms with Crippen LogP contribution in [0.15, 0.2) is 48.5 Å². The molecule has 0 aromatic heterocycles. The highest BCUT2D eigenvalue weighted by Gasteiger charge is 2.22. The molecule has 0 aliphatic rings. The van der Waals surface area contributed by atoms with E-state index in [1.165, 1.54) is 0 Å². The summed E-state index contributed by atoms with van der Waals surface area (Å²) in [6, 6.07) is 13.4. The molecule has 4 nitrogen and oxygen atoms in total. The molecule has 0 saturated carbocycles. The molecule has 6 heteroatoms. The lowest BCUT2D eigenvalue weighted by molar-refractivity contribution is 0.0881. The van der Waals surface area contributed by atoms with Gasteiger partial charge in [-0.25, -0.2) is 0 Å². The standard InChI is InChI=1S/C18H18Cl2N2O2/c1-18(2,22-17(24)13-6-4-8-15(20)10-13)11-21-16(23)12-5-3-7-14(19)9-12/h3-10H,11H2,1-2H3,(H,21,23)(H,22,24). The van der Waals surface area contributed by atoms with Crippen LogP contribution in [0.1, 0.15) is 34.6 Å². The van der Waals surface area contributed by atoms with Crippen molar-refractivity contribution in [3.8, 4) is 0 Å². The van der Waals surface area contributed by atoms with Crippen molar-refractivity contribution in [3.05, 3.63) is 69.7 Å². The van der Waals surface area contributed by atoms with Crippen LogP contribution in [0, 0.1) is 0 Å². The van der Waals surface area contributed by atoms with Gasteiger partial charge in [0.15, 0.2) is 0 Å². The zero-order chi connectivity index (χ0) is 17.7. The van der Waals surface area contributed by atoms with Gasteiger partial charge in [-0.2, -0.15) is 0 Å². The highest BCUT2D eigenvalue weighted by atomic mass is 35.5. The molecule has 0 radical (unpaired) electrons. The molecular formula is C18H18Cl2N2O2. The van der Waals surface area contributed by atoms with Gasteiger partial charge in [0.25, 0.3) is 11.8 Å². The van der Waals surface area contributed by atoms with Gasteiger partial charge in [0.2, 0.25) is 0 Å². The Balaban J connectivity index is 1.95. The van der Waals surface area contributed by atoms with Crippen LogP contribution in [0.5, 0.6) is 0 Å². The quantitative estimate of drug-likeness (QED) is 0.844. The Hall–Kier alpha value is -2.04.